The molecular formula is C14H20NO2+. The van der Waals surface area contributed by atoms with Crippen LogP contribution in [-0.2, 0) is 9.53 Å². The number of nitrogens with zero attached hydrogens (tertiary/aromatic N) is 1. The summed E-state index contributed by atoms with van der Waals surface area (Å²) in [6.45, 7) is 4.52. The standard InChI is InChI=1S/C14H20NO2/c1-4-12-17-14(16)10-11-15(2,3)13-8-6-5-7-9-13/h4-9H,1,10-12H2,2-3H3/q+1. The summed E-state index contributed by atoms with van der Waals surface area (Å²) in [6, 6.07) is 10.1. The first kappa shape index (κ1) is 13.5. The maximum Gasteiger partial charge on any atom is 0.311 e. The molecule has 0 spiro atoms. The first-order chi connectivity index (χ1) is 8.06. The van der Waals surface area contributed by atoms with Crippen molar-refractivity contribution in [2.75, 3.05) is 27.2 Å². The highest BCUT2D eigenvalue weighted by Gasteiger charge is 2.20. The summed E-state index contributed by atoms with van der Waals surface area (Å²) >= 11 is 0. The van der Waals surface area contributed by atoms with Crippen LogP contribution in [0.25, 0.3) is 0 Å². The molecule has 0 atom stereocenters. The van der Waals surface area contributed by atoms with E-state index >= 15 is 0 Å². The predicted octanol–water partition coefficient (Wildman–Crippen LogP) is 2.37. The van der Waals surface area contributed by atoms with Gasteiger partial charge in [0.25, 0.3) is 0 Å². The summed E-state index contributed by atoms with van der Waals surface area (Å²) in [7, 11) is 4.16. The molecule has 3 nitrogen and oxygen atoms in total. The van der Waals surface area contributed by atoms with Crippen molar-refractivity contribution in [3.8, 4) is 0 Å². The lowest BCUT2D eigenvalue weighted by molar-refractivity contribution is -0.142. The van der Waals surface area contributed by atoms with Gasteiger partial charge in [-0.2, -0.15) is 0 Å². The minimum absolute atomic E-state index is 0.174. The number of rotatable bonds is 6. The van der Waals surface area contributed by atoms with E-state index in [-0.39, 0.29) is 12.6 Å². The molecule has 92 valence electrons. The number of hydrogen-bond acceptors (Lipinski definition) is 2. The number of quaternary nitrogens is 1. The molecule has 17 heavy (non-hydrogen) atoms. The molecule has 1 aromatic carbocycles. The Kier molecular flexibility index (Phi) is 4.91. The summed E-state index contributed by atoms with van der Waals surface area (Å²) in [4.78, 5) is 11.4. The Morgan fingerprint density at radius 1 is 1.35 bits per heavy atom. The third-order valence-electron chi connectivity index (χ3n) is 2.69. The molecule has 0 bridgehead atoms. The van der Waals surface area contributed by atoms with Crippen LogP contribution in [0.2, 0.25) is 0 Å². The number of esters is 1. The van der Waals surface area contributed by atoms with Gasteiger partial charge in [0.1, 0.15) is 12.3 Å². The summed E-state index contributed by atoms with van der Waals surface area (Å²) < 4.78 is 5.63. The summed E-state index contributed by atoms with van der Waals surface area (Å²) in [5.74, 6) is -0.174. The topological polar surface area (TPSA) is 26.3 Å². The highest BCUT2D eigenvalue weighted by molar-refractivity contribution is 5.70. The molecule has 0 aliphatic carbocycles. The van der Waals surface area contributed by atoms with Crippen LogP contribution in [0, 0.1) is 0 Å². The van der Waals surface area contributed by atoms with Crippen LogP contribution >= 0.6 is 0 Å². The second-order valence-corrected chi connectivity index (χ2v) is 4.47. The lowest BCUT2D eigenvalue weighted by Gasteiger charge is -2.28. The molecule has 0 saturated heterocycles. The van der Waals surface area contributed by atoms with Crippen LogP contribution in [0.5, 0.6) is 0 Å². The SMILES string of the molecule is C=CCOC(=O)CC[N+](C)(C)c1ccccc1. The summed E-state index contributed by atoms with van der Waals surface area (Å²) in [5, 5.41) is 0. The van der Waals surface area contributed by atoms with E-state index in [0.29, 0.717) is 10.9 Å². The molecular weight excluding hydrogens is 214 g/mol. The van der Waals surface area contributed by atoms with Gasteiger partial charge in [0.05, 0.1) is 27.1 Å². The lowest BCUT2D eigenvalue weighted by atomic mass is 10.2. The normalized spacial score (nSPS) is 10.9. The fraction of sp³-hybridized carbons (Fsp3) is 0.357. The van der Waals surface area contributed by atoms with E-state index in [2.05, 4.69) is 32.8 Å². The van der Waals surface area contributed by atoms with Gasteiger partial charge in [-0.25, -0.2) is 0 Å². The minimum atomic E-state index is -0.174. The molecule has 0 N–H and O–H groups in total. The third-order valence-corrected chi connectivity index (χ3v) is 2.69. The maximum atomic E-state index is 11.4. The van der Waals surface area contributed by atoms with Gasteiger partial charge < -0.3 is 4.74 Å². The molecule has 0 radical (unpaired) electrons. The smallest absolute Gasteiger partial charge is 0.311 e. The molecule has 0 fully saturated rings. The van der Waals surface area contributed by atoms with Crippen LogP contribution in [0.15, 0.2) is 43.0 Å². The van der Waals surface area contributed by atoms with Crippen LogP contribution in [0.1, 0.15) is 6.42 Å². The average Bonchev–Trinajstić information content (AvgIpc) is 2.35. The van der Waals surface area contributed by atoms with Gasteiger partial charge in [0, 0.05) is 0 Å². The molecule has 0 heterocycles. The van der Waals surface area contributed by atoms with E-state index in [0.717, 1.165) is 6.54 Å². The fourth-order valence-electron chi connectivity index (χ4n) is 1.56. The van der Waals surface area contributed by atoms with Gasteiger partial charge in [-0.05, 0) is 12.1 Å². The molecule has 0 aromatic heterocycles. The lowest BCUT2D eigenvalue weighted by Crippen LogP contribution is -2.42. The third kappa shape index (κ3) is 4.41. The van der Waals surface area contributed by atoms with E-state index in [1.807, 2.05) is 18.2 Å². The van der Waals surface area contributed by atoms with E-state index in [4.69, 9.17) is 4.74 Å². The van der Waals surface area contributed by atoms with Gasteiger partial charge in [-0.3, -0.25) is 9.28 Å². The molecule has 0 aliphatic rings. The van der Waals surface area contributed by atoms with E-state index < -0.39 is 0 Å². The van der Waals surface area contributed by atoms with Crippen molar-refractivity contribution in [3.63, 3.8) is 0 Å². The zero-order chi connectivity index (χ0) is 12.7. The Hall–Kier alpha value is -1.61. The van der Waals surface area contributed by atoms with Crippen LogP contribution in [-0.4, -0.2) is 33.2 Å². The number of hydrogen-bond donors (Lipinski definition) is 0. The van der Waals surface area contributed by atoms with Crippen molar-refractivity contribution < 1.29 is 9.53 Å². The van der Waals surface area contributed by atoms with Crippen LogP contribution < -0.4 is 4.48 Å². The number of para-hydroxylation sites is 1. The molecule has 0 unspecified atom stereocenters. The number of carbonyl (C=O) groups is 1. The van der Waals surface area contributed by atoms with E-state index in [1.165, 1.54) is 5.69 Å². The van der Waals surface area contributed by atoms with Gasteiger partial charge in [-0.15, -0.1) is 0 Å². The largest absolute Gasteiger partial charge is 0.461 e. The zero-order valence-corrected chi connectivity index (χ0v) is 10.6. The predicted molar refractivity (Wildman–Crippen MR) is 70.7 cm³/mol. The molecule has 1 aromatic rings. The second kappa shape index (κ2) is 6.21. The van der Waals surface area contributed by atoms with Gasteiger partial charge in [-0.1, -0.05) is 30.9 Å². The number of benzene rings is 1. The maximum absolute atomic E-state index is 11.4. The Balaban J connectivity index is 2.50. The van der Waals surface area contributed by atoms with Crippen molar-refractivity contribution in [1.29, 1.82) is 0 Å². The fourth-order valence-corrected chi connectivity index (χ4v) is 1.56. The molecule has 0 amide bonds. The molecule has 0 saturated carbocycles. The highest BCUT2D eigenvalue weighted by Crippen LogP contribution is 2.18. The zero-order valence-electron chi connectivity index (χ0n) is 10.6. The van der Waals surface area contributed by atoms with E-state index in [1.54, 1.807) is 6.08 Å². The molecule has 3 heteroatoms. The quantitative estimate of drug-likeness (QED) is 0.429. The second-order valence-electron chi connectivity index (χ2n) is 4.47. The van der Waals surface area contributed by atoms with Gasteiger partial charge in [0.2, 0.25) is 0 Å². The van der Waals surface area contributed by atoms with Crippen LogP contribution in [0.4, 0.5) is 5.69 Å². The first-order valence-electron chi connectivity index (χ1n) is 5.71. The Labute approximate surface area is 103 Å². The number of carbonyl (C=O) groups excluding carboxylic acids is 1. The average molecular weight is 234 g/mol. The van der Waals surface area contributed by atoms with Crippen LogP contribution in [0.3, 0.4) is 0 Å². The van der Waals surface area contributed by atoms with Crippen molar-refractivity contribution in [2.24, 2.45) is 0 Å². The first-order valence-corrected chi connectivity index (χ1v) is 5.71. The minimum Gasteiger partial charge on any atom is -0.461 e. The molecule has 0 aliphatic heterocycles. The summed E-state index contributed by atoms with van der Waals surface area (Å²) in [6.07, 6.45) is 1.99. The Bertz CT molecular complexity index is 371. The van der Waals surface area contributed by atoms with Crippen molar-refractivity contribution >= 4 is 11.7 Å². The summed E-state index contributed by atoms with van der Waals surface area (Å²) in [5.41, 5.74) is 1.18. The van der Waals surface area contributed by atoms with Crippen molar-refractivity contribution in [3.05, 3.63) is 43.0 Å². The Morgan fingerprint density at radius 2 is 2.00 bits per heavy atom. The number of ether oxygens (including phenoxy) is 1. The molecule has 1 rings (SSSR count). The van der Waals surface area contributed by atoms with E-state index in [9.17, 15) is 4.79 Å². The van der Waals surface area contributed by atoms with Gasteiger partial charge >= 0.3 is 5.97 Å². The Morgan fingerprint density at radius 3 is 2.59 bits per heavy atom. The van der Waals surface area contributed by atoms with Crippen molar-refractivity contribution in [1.82, 2.24) is 4.48 Å². The highest BCUT2D eigenvalue weighted by atomic mass is 16.5. The monoisotopic (exact) mass is 234 g/mol. The van der Waals surface area contributed by atoms with Gasteiger partial charge in [0.15, 0.2) is 0 Å². The van der Waals surface area contributed by atoms with Crippen molar-refractivity contribution in [2.45, 2.75) is 6.42 Å².